The third-order valence-electron chi connectivity index (χ3n) is 5.22. The molecule has 0 radical (unpaired) electrons. The minimum absolute atomic E-state index is 0. The first-order valence-electron chi connectivity index (χ1n) is 12.7. The van der Waals surface area contributed by atoms with Crippen molar-refractivity contribution in [2.75, 3.05) is 0 Å². The van der Waals surface area contributed by atoms with Crippen molar-refractivity contribution in [3.05, 3.63) is 125 Å². The van der Waals surface area contributed by atoms with Gasteiger partial charge < -0.3 is 10.6 Å². The second-order valence-electron chi connectivity index (χ2n) is 7.87. The predicted octanol–water partition coefficient (Wildman–Crippen LogP) is 10.2. The quantitative estimate of drug-likeness (QED) is 0.267. The summed E-state index contributed by atoms with van der Waals surface area (Å²) in [6, 6.07) is 22.1. The molecule has 5 rings (SSSR count). The van der Waals surface area contributed by atoms with E-state index in [2.05, 4.69) is 66.3 Å². The maximum atomic E-state index is 4.89. The maximum absolute atomic E-state index is 4.89. The topological polar surface area (TPSA) is 53.5 Å². The number of benzene rings is 2. The van der Waals surface area contributed by atoms with E-state index in [0.717, 1.165) is 52.0 Å². The molecule has 0 aliphatic carbocycles. The number of nitrogens with zero attached hydrogens (tertiary/aromatic N) is 4. The van der Waals surface area contributed by atoms with Crippen molar-refractivity contribution in [1.29, 1.82) is 0 Å². The van der Waals surface area contributed by atoms with E-state index in [9.17, 15) is 0 Å². The molecule has 4 nitrogen and oxygen atoms in total. The Morgan fingerprint density at radius 2 is 1.82 bits per heavy atom. The molecule has 0 amide bonds. The zero-order valence-electron chi connectivity index (χ0n) is 22.0. The fourth-order valence-electron chi connectivity index (χ4n) is 3.47. The third-order valence-corrected chi connectivity index (χ3v) is 6.60. The van der Waals surface area contributed by atoms with Crippen molar-refractivity contribution in [3.8, 4) is 0 Å². The van der Waals surface area contributed by atoms with E-state index < -0.39 is 0 Å². The molecule has 1 aromatic heterocycles. The van der Waals surface area contributed by atoms with Gasteiger partial charge in [-0.2, -0.15) is 6.20 Å². The molecular weight excluding hydrogens is 688 g/mol. The molecule has 2 aromatic carbocycles. The van der Waals surface area contributed by atoms with Crippen LogP contribution in [0.4, 0.5) is 11.4 Å². The number of allylic oxidation sites excluding steroid dienone is 3. The number of hydrogen-bond acceptors (Lipinski definition) is 4. The van der Waals surface area contributed by atoms with Gasteiger partial charge in [-0.15, -0.1) is 41.8 Å². The number of para-hydroxylation sites is 2. The normalized spacial score (nSPS) is 16.5. The van der Waals surface area contributed by atoms with Gasteiger partial charge in [-0.25, -0.2) is 0 Å². The summed E-state index contributed by atoms with van der Waals surface area (Å²) in [5.41, 5.74) is 3.86. The van der Waals surface area contributed by atoms with Gasteiger partial charge in [-0.3, -0.25) is 9.98 Å². The largest absolute Gasteiger partial charge is 2.00 e. The van der Waals surface area contributed by atoms with Gasteiger partial charge in [0.05, 0.1) is 17.4 Å². The van der Waals surface area contributed by atoms with Gasteiger partial charge in [0.2, 0.25) is 0 Å². The standard InChI is InChI=1S/C19H16N3S.C10H12NS.C2H6.Pt/c1-2-9-16(15-8-5-6-12-20-15)21-14(7-1)13-19-22-17-10-3-4-11-18(17)23-19;1-2-3-8-11-9-6-4-5-7-10(9)12;1-2;/h2-6,8-14H,1,7H2;3-8,12H,2H2,1H3;1-2H3;/q2*-1;;+2/b19-13+;8-3-;;. The molecule has 0 saturated heterocycles. The predicted molar refractivity (Wildman–Crippen MR) is 164 cm³/mol. The SMILES string of the molecule is C1=CC(c2ccccn2)=NC(/C=C2\[N-]c3ccccc3S2)CC1.CC.CC/C=C\[N-]c1ccccc1S.[Pt+2]. The molecule has 2 aliphatic heterocycles. The Balaban J connectivity index is 0.000000289. The molecule has 1 unspecified atom stereocenters. The number of rotatable bonds is 5. The summed E-state index contributed by atoms with van der Waals surface area (Å²) >= 11 is 6.00. The number of hydrogen-bond donors (Lipinski definition) is 1. The molecule has 38 heavy (non-hydrogen) atoms. The minimum Gasteiger partial charge on any atom is -0.663 e. The molecule has 200 valence electrons. The van der Waals surface area contributed by atoms with E-state index >= 15 is 0 Å². The Morgan fingerprint density at radius 1 is 1.05 bits per heavy atom. The fraction of sp³-hybridized carbons (Fsp3) is 0.226. The summed E-state index contributed by atoms with van der Waals surface area (Å²) in [7, 11) is 0. The van der Waals surface area contributed by atoms with Crippen molar-refractivity contribution in [2.24, 2.45) is 4.99 Å². The van der Waals surface area contributed by atoms with Crippen LogP contribution in [0.1, 0.15) is 45.7 Å². The van der Waals surface area contributed by atoms with Crippen LogP contribution in [0.15, 0.2) is 123 Å². The number of aliphatic imine (C=N–C) groups is 1. The Hall–Kier alpha value is -2.53. The minimum atomic E-state index is 0. The van der Waals surface area contributed by atoms with E-state index in [-0.39, 0.29) is 27.1 Å². The molecule has 0 spiro atoms. The van der Waals surface area contributed by atoms with Crippen LogP contribution in [0.25, 0.3) is 10.6 Å². The van der Waals surface area contributed by atoms with Crippen LogP contribution in [-0.2, 0) is 21.1 Å². The third kappa shape index (κ3) is 9.98. The second-order valence-corrected chi connectivity index (χ2v) is 9.42. The number of thiol groups is 1. The van der Waals surface area contributed by atoms with Crippen molar-refractivity contribution in [2.45, 2.75) is 55.9 Å². The van der Waals surface area contributed by atoms with E-state index in [4.69, 9.17) is 10.3 Å². The molecule has 3 aromatic rings. The average Bonchev–Trinajstić information content (AvgIpc) is 3.21. The molecular formula is C31H34N4PtS2. The first-order valence-corrected chi connectivity index (χ1v) is 14.0. The van der Waals surface area contributed by atoms with Crippen molar-refractivity contribution >= 4 is 41.5 Å². The first-order chi connectivity index (χ1) is 18.2. The molecule has 0 fully saturated rings. The summed E-state index contributed by atoms with van der Waals surface area (Å²) in [5, 5.41) is 9.98. The van der Waals surface area contributed by atoms with Gasteiger partial charge in [-0.1, -0.05) is 86.5 Å². The van der Waals surface area contributed by atoms with Crippen LogP contribution in [-0.4, -0.2) is 16.7 Å². The maximum Gasteiger partial charge on any atom is 2.00 e. The van der Waals surface area contributed by atoms with Gasteiger partial charge in [0.1, 0.15) is 0 Å². The Labute approximate surface area is 251 Å². The number of thioether (sulfide) groups is 1. The molecule has 0 N–H and O–H groups in total. The Kier molecular flexibility index (Phi) is 14.9. The summed E-state index contributed by atoms with van der Waals surface area (Å²) in [4.78, 5) is 11.4. The second kappa shape index (κ2) is 17.9. The van der Waals surface area contributed by atoms with Crippen molar-refractivity contribution < 1.29 is 21.1 Å². The van der Waals surface area contributed by atoms with Gasteiger partial charge >= 0.3 is 21.1 Å². The van der Waals surface area contributed by atoms with Crippen molar-refractivity contribution in [3.63, 3.8) is 0 Å². The molecule has 0 saturated carbocycles. The monoisotopic (exact) mass is 721 g/mol. The summed E-state index contributed by atoms with van der Waals surface area (Å²) in [5.74, 6) is 0. The molecule has 0 bridgehead atoms. The van der Waals surface area contributed by atoms with Crippen LogP contribution in [0, 0.1) is 0 Å². The number of aromatic nitrogens is 1. The van der Waals surface area contributed by atoms with Crippen LogP contribution < -0.4 is 0 Å². The van der Waals surface area contributed by atoms with Gasteiger partial charge in [0, 0.05) is 6.20 Å². The summed E-state index contributed by atoms with van der Waals surface area (Å²) < 4.78 is 0. The molecule has 2 aliphatic rings. The number of pyridine rings is 1. The Morgan fingerprint density at radius 3 is 2.55 bits per heavy atom. The van der Waals surface area contributed by atoms with E-state index in [1.165, 1.54) is 4.90 Å². The van der Waals surface area contributed by atoms with Gasteiger partial charge in [0.15, 0.2) is 0 Å². The van der Waals surface area contributed by atoms with Crippen LogP contribution in [0.5, 0.6) is 0 Å². The van der Waals surface area contributed by atoms with Crippen LogP contribution in [0.3, 0.4) is 0 Å². The number of fused-ring (bicyclic) bond motifs is 1. The van der Waals surface area contributed by atoms with E-state index in [0.29, 0.717) is 0 Å². The first kappa shape index (κ1) is 31.7. The average molecular weight is 722 g/mol. The Bertz CT molecular complexity index is 1210. The van der Waals surface area contributed by atoms with Gasteiger partial charge in [-0.05, 0) is 53.3 Å². The van der Waals surface area contributed by atoms with E-state index in [1.807, 2.05) is 80.9 Å². The van der Waals surface area contributed by atoms with Crippen LogP contribution >= 0.6 is 24.4 Å². The van der Waals surface area contributed by atoms with Crippen molar-refractivity contribution in [1.82, 2.24) is 4.98 Å². The smallest absolute Gasteiger partial charge is 0.663 e. The molecule has 7 heteroatoms. The van der Waals surface area contributed by atoms with Gasteiger partial charge in [0.25, 0.3) is 0 Å². The van der Waals surface area contributed by atoms with E-state index in [1.54, 1.807) is 11.8 Å². The summed E-state index contributed by atoms with van der Waals surface area (Å²) in [6.45, 7) is 6.08. The van der Waals surface area contributed by atoms with Crippen LogP contribution in [0.2, 0.25) is 0 Å². The molecule has 3 heterocycles. The zero-order valence-corrected chi connectivity index (χ0v) is 26.0. The fourth-order valence-corrected chi connectivity index (χ4v) is 4.65. The molecule has 1 atom stereocenters. The zero-order chi connectivity index (χ0) is 26.3. The summed E-state index contributed by atoms with van der Waals surface area (Å²) in [6.07, 6.45) is 15.1.